The van der Waals surface area contributed by atoms with Gasteiger partial charge in [-0.15, -0.1) is 0 Å². The quantitative estimate of drug-likeness (QED) is 0.778. The van der Waals surface area contributed by atoms with E-state index < -0.39 is 5.91 Å². The zero-order valence-corrected chi connectivity index (χ0v) is 13.2. The van der Waals surface area contributed by atoms with Gasteiger partial charge in [-0.2, -0.15) is 0 Å². The number of nitrogens with one attached hydrogen (secondary N) is 1. The first-order valence-electron chi connectivity index (χ1n) is 7.88. The lowest BCUT2D eigenvalue weighted by Gasteiger charge is -2.13. The van der Waals surface area contributed by atoms with E-state index >= 15 is 0 Å². The van der Waals surface area contributed by atoms with Crippen molar-refractivity contribution >= 4 is 16.9 Å². The van der Waals surface area contributed by atoms with Gasteiger partial charge in [-0.25, -0.2) is 9.97 Å². The third kappa shape index (κ3) is 2.19. The number of aryl methyl sites for hydroxylation is 2. The summed E-state index contributed by atoms with van der Waals surface area (Å²) in [6, 6.07) is 6.23. The predicted octanol–water partition coefficient (Wildman–Crippen LogP) is 1.63. The van der Waals surface area contributed by atoms with E-state index in [-0.39, 0.29) is 11.0 Å². The number of carbonyl (C=O) groups is 1. The van der Waals surface area contributed by atoms with E-state index in [2.05, 4.69) is 27.4 Å². The molecule has 1 aromatic carbocycles. The summed E-state index contributed by atoms with van der Waals surface area (Å²) in [5.74, 6) is -0.416. The number of nitrogens with zero attached hydrogens (tertiary/aromatic N) is 3. The van der Waals surface area contributed by atoms with Crippen LogP contribution in [0.2, 0.25) is 0 Å². The van der Waals surface area contributed by atoms with Gasteiger partial charge >= 0.3 is 0 Å². The Hall–Kier alpha value is -3.02. The molecule has 0 radical (unpaired) electrons. The molecule has 0 bridgehead atoms. The lowest BCUT2D eigenvalue weighted by atomic mass is 10.1. The predicted molar refractivity (Wildman–Crippen MR) is 90.6 cm³/mol. The lowest BCUT2D eigenvalue weighted by molar-refractivity contribution is 0.0961. The number of hydrogen-bond donors (Lipinski definition) is 1. The molecule has 2 heterocycles. The summed E-state index contributed by atoms with van der Waals surface area (Å²) < 4.78 is 1.79. The summed E-state index contributed by atoms with van der Waals surface area (Å²) >= 11 is 0. The summed E-state index contributed by atoms with van der Waals surface area (Å²) in [6.07, 6.45) is 7.75. The molecule has 0 fully saturated rings. The average molecular weight is 320 g/mol. The van der Waals surface area contributed by atoms with Crippen molar-refractivity contribution in [3.63, 3.8) is 0 Å². The second-order valence-corrected chi connectivity index (χ2v) is 5.89. The maximum Gasteiger partial charge on any atom is 0.256 e. The number of rotatable bonds is 2. The minimum Gasteiger partial charge on any atom is -0.355 e. The number of fused-ring (bicyclic) bond motifs is 2. The van der Waals surface area contributed by atoms with Crippen LogP contribution in [0.4, 0.5) is 0 Å². The highest BCUT2D eigenvalue weighted by molar-refractivity contribution is 5.96. The highest BCUT2D eigenvalue weighted by Crippen LogP contribution is 2.25. The van der Waals surface area contributed by atoms with E-state index in [0.29, 0.717) is 11.0 Å². The molecule has 0 spiro atoms. The molecular formula is C18H16N4O2. The van der Waals surface area contributed by atoms with Crippen molar-refractivity contribution in [1.29, 1.82) is 0 Å². The lowest BCUT2D eigenvalue weighted by Crippen LogP contribution is -2.27. The van der Waals surface area contributed by atoms with Crippen LogP contribution in [0.25, 0.3) is 16.7 Å². The molecule has 1 aliphatic carbocycles. The first-order valence-corrected chi connectivity index (χ1v) is 7.88. The van der Waals surface area contributed by atoms with E-state index in [1.54, 1.807) is 10.8 Å². The van der Waals surface area contributed by atoms with E-state index in [0.717, 1.165) is 24.9 Å². The van der Waals surface area contributed by atoms with Crippen LogP contribution in [-0.2, 0) is 12.8 Å². The van der Waals surface area contributed by atoms with Gasteiger partial charge in [-0.05, 0) is 42.5 Å². The second-order valence-electron chi connectivity index (χ2n) is 5.89. The van der Waals surface area contributed by atoms with Crippen molar-refractivity contribution in [2.75, 3.05) is 7.05 Å². The molecule has 2 aromatic heterocycles. The van der Waals surface area contributed by atoms with Crippen LogP contribution in [0.5, 0.6) is 0 Å². The zero-order chi connectivity index (χ0) is 16.7. The molecule has 1 amide bonds. The molecule has 6 heteroatoms. The Bertz CT molecular complexity index is 1020. The summed E-state index contributed by atoms with van der Waals surface area (Å²) in [7, 11) is 1.51. The SMILES string of the molecule is CNC(=O)c1cn(-c2ccc3c(c2)CCC3)c2ncncc2c1=O. The zero-order valence-electron chi connectivity index (χ0n) is 13.2. The van der Waals surface area contributed by atoms with Crippen LogP contribution in [0.15, 0.2) is 41.7 Å². The number of benzene rings is 1. The Morgan fingerprint density at radius 2 is 2.08 bits per heavy atom. The van der Waals surface area contributed by atoms with Gasteiger partial charge in [0.2, 0.25) is 5.43 Å². The first kappa shape index (κ1) is 14.6. The Labute approximate surface area is 138 Å². The number of aromatic nitrogens is 3. The molecule has 0 saturated carbocycles. The molecule has 120 valence electrons. The van der Waals surface area contributed by atoms with Crippen molar-refractivity contribution in [2.45, 2.75) is 19.3 Å². The normalized spacial score (nSPS) is 13.0. The van der Waals surface area contributed by atoms with Gasteiger partial charge in [0.05, 0.1) is 5.39 Å². The van der Waals surface area contributed by atoms with Crippen molar-refractivity contribution in [3.8, 4) is 5.69 Å². The topological polar surface area (TPSA) is 76.9 Å². The van der Waals surface area contributed by atoms with Gasteiger partial charge in [0.15, 0.2) is 5.65 Å². The first-order chi connectivity index (χ1) is 11.7. The van der Waals surface area contributed by atoms with Crippen molar-refractivity contribution < 1.29 is 4.79 Å². The van der Waals surface area contributed by atoms with Crippen LogP contribution in [0.1, 0.15) is 27.9 Å². The van der Waals surface area contributed by atoms with Gasteiger partial charge < -0.3 is 9.88 Å². The summed E-state index contributed by atoms with van der Waals surface area (Å²) in [5, 5.41) is 2.85. The standard InChI is InChI=1S/C18H16N4O2/c1-19-18(24)15-9-22(17-14(16(15)23)8-20-10-21-17)13-6-5-11-3-2-4-12(11)7-13/h5-10H,2-4H2,1H3,(H,19,24). The molecule has 0 saturated heterocycles. The van der Waals surface area contributed by atoms with Crippen molar-refractivity contribution in [2.24, 2.45) is 0 Å². The van der Waals surface area contributed by atoms with E-state index in [9.17, 15) is 9.59 Å². The molecule has 4 rings (SSSR count). The fraction of sp³-hybridized carbons (Fsp3) is 0.222. The minimum atomic E-state index is -0.416. The van der Waals surface area contributed by atoms with Crippen LogP contribution in [-0.4, -0.2) is 27.5 Å². The van der Waals surface area contributed by atoms with Gasteiger partial charge in [0.25, 0.3) is 5.91 Å². The summed E-state index contributed by atoms with van der Waals surface area (Å²) in [4.78, 5) is 32.8. The van der Waals surface area contributed by atoms with E-state index in [1.165, 1.54) is 30.7 Å². The fourth-order valence-electron chi connectivity index (χ4n) is 3.27. The molecule has 0 aliphatic heterocycles. The van der Waals surface area contributed by atoms with E-state index in [4.69, 9.17) is 0 Å². The molecule has 3 aromatic rings. The molecule has 1 aliphatic rings. The largest absolute Gasteiger partial charge is 0.355 e. The van der Waals surface area contributed by atoms with Crippen molar-refractivity contribution in [3.05, 3.63) is 63.8 Å². The number of hydrogen-bond acceptors (Lipinski definition) is 4. The highest BCUT2D eigenvalue weighted by atomic mass is 16.2. The molecule has 0 unspecified atom stereocenters. The Kier molecular flexibility index (Phi) is 3.37. The van der Waals surface area contributed by atoms with Crippen LogP contribution in [0, 0.1) is 0 Å². The fourth-order valence-corrected chi connectivity index (χ4v) is 3.27. The summed E-state index contributed by atoms with van der Waals surface area (Å²) in [6.45, 7) is 0. The van der Waals surface area contributed by atoms with Gasteiger partial charge in [0.1, 0.15) is 11.9 Å². The average Bonchev–Trinajstić information content (AvgIpc) is 3.09. The third-order valence-electron chi connectivity index (χ3n) is 4.50. The molecule has 0 atom stereocenters. The molecule has 6 nitrogen and oxygen atoms in total. The van der Waals surface area contributed by atoms with Gasteiger partial charge in [-0.1, -0.05) is 6.07 Å². The number of carbonyl (C=O) groups excluding carboxylic acids is 1. The Morgan fingerprint density at radius 3 is 2.92 bits per heavy atom. The number of amides is 1. The number of pyridine rings is 1. The minimum absolute atomic E-state index is 0.0836. The van der Waals surface area contributed by atoms with Crippen LogP contribution >= 0.6 is 0 Å². The third-order valence-corrected chi connectivity index (χ3v) is 4.50. The van der Waals surface area contributed by atoms with Crippen molar-refractivity contribution in [1.82, 2.24) is 19.9 Å². The summed E-state index contributed by atoms with van der Waals surface area (Å²) in [5.41, 5.74) is 3.80. The monoisotopic (exact) mass is 320 g/mol. The van der Waals surface area contributed by atoms with Crippen LogP contribution < -0.4 is 10.7 Å². The van der Waals surface area contributed by atoms with E-state index in [1.807, 2.05) is 6.07 Å². The molecule has 1 N–H and O–H groups in total. The molecular weight excluding hydrogens is 304 g/mol. The maximum atomic E-state index is 12.5. The van der Waals surface area contributed by atoms with Gasteiger partial charge in [0, 0.05) is 25.1 Å². The maximum absolute atomic E-state index is 12.5. The smallest absolute Gasteiger partial charge is 0.256 e. The van der Waals surface area contributed by atoms with Gasteiger partial charge in [-0.3, -0.25) is 9.59 Å². The second kappa shape index (κ2) is 5.56. The Morgan fingerprint density at radius 1 is 1.25 bits per heavy atom. The Balaban J connectivity index is 2.02. The highest BCUT2D eigenvalue weighted by Gasteiger charge is 2.17. The molecule has 24 heavy (non-hydrogen) atoms. The van der Waals surface area contributed by atoms with Crippen LogP contribution in [0.3, 0.4) is 0 Å².